The first kappa shape index (κ1) is 9.52. The van der Waals surface area contributed by atoms with E-state index in [1.807, 2.05) is 25.1 Å². The summed E-state index contributed by atoms with van der Waals surface area (Å²) in [6.45, 7) is 2.58. The van der Waals surface area contributed by atoms with Gasteiger partial charge in [-0.1, -0.05) is 22.0 Å². The summed E-state index contributed by atoms with van der Waals surface area (Å²) in [5, 5.41) is 0.618. The molecule has 0 N–H and O–H groups in total. The molecule has 0 spiro atoms. The molecule has 0 saturated carbocycles. The van der Waals surface area contributed by atoms with Crippen LogP contribution >= 0.6 is 15.9 Å². The van der Waals surface area contributed by atoms with Crippen molar-refractivity contribution in [3.05, 3.63) is 24.1 Å². The smallest absolute Gasteiger partial charge is 0.206 e. The molecule has 1 heterocycles. The van der Waals surface area contributed by atoms with Gasteiger partial charge in [0.05, 0.1) is 11.9 Å². The zero-order valence-corrected chi connectivity index (χ0v) is 9.37. The van der Waals surface area contributed by atoms with Gasteiger partial charge in [0.15, 0.2) is 11.1 Å². The first-order valence-corrected chi connectivity index (χ1v) is 5.54. The molecule has 0 aliphatic carbocycles. The van der Waals surface area contributed by atoms with Crippen molar-refractivity contribution in [2.24, 2.45) is 0 Å². The fraction of sp³-hybridized carbons (Fsp3) is 0.300. The molecule has 0 saturated heterocycles. The maximum absolute atomic E-state index is 5.47. The van der Waals surface area contributed by atoms with E-state index in [0.29, 0.717) is 17.8 Å². The van der Waals surface area contributed by atoms with E-state index in [2.05, 4.69) is 20.9 Å². The van der Waals surface area contributed by atoms with Crippen LogP contribution in [0.1, 0.15) is 12.8 Å². The van der Waals surface area contributed by atoms with Crippen LogP contribution < -0.4 is 4.74 Å². The summed E-state index contributed by atoms with van der Waals surface area (Å²) in [4.78, 5) is 4.31. The van der Waals surface area contributed by atoms with Gasteiger partial charge in [-0.15, -0.1) is 0 Å². The Morgan fingerprint density at radius 3 is 3.07 bits per heavy atom. The number of fused-ring (bicyclic) bond motifs is 1. The van der Waals surface area contributed by atoms with E-state index in [9.17, 15) is 0 Å². The third kappa shape index (κ3) is 1.62. The van der Waals surface area contributed by atoms with Gasteiger partial charge in [0.1, 0.15) is 5.75 Å². The van der Waals surface area contributed by atoms with E-state index in [0.717, 1.165) is 16.8 Å². The van der Waals surface area contributed by atoms with E-state index in [1.54, 1.807) is 0 Å². The predicted molar refractivity (Wildman–Crippen MR) is 57.8 cm³/mol. The lowest BCUT2D eigenvalue weighted by Crippen LogP contribution is -1.91. The molecule has 0 unspecified atom stereocenters. The van der Waals surface area contributed by atoms with Crippen LogP contribution in [0, 0.1) is 0 Å². The summed E-state index contributed by atoms with van der Waals surface area (Å²) in [5.74, 6) is 1.45. The molecule has 1 aromatic heterocycles. The average molecular weight is 256 g/mol. The van der Waals surface area contributed by atoms with Crippen LogP contribution in [-0.2, 0) is 5.33 Å². The minimum Gasteiger partial charge on any atom is -0.491 e. The maximum atomic E-state index is 5.47. The lowest BCUT2D eigenvalue weighted by Gasteiger charge is -2.01. The number of ether oxygens (including phenoxy) is 1. The molecule has 0 amide bonds. The molecule has 0 atom stereocenters. The number of nitrogens with zero attached hydrogens (tertiary/aromatic N) is 1. The number of hydrogen-bond acceptors (Lipinski definition) is 3. The van der Waals surface area contributed by atoms with Crippen molar-refractivity contribution in [2.45, 2.75) is 12.3 Å². The summed E-state index contributed by atoms with van der Waals surface area (Å²) in [5.41, 5.74) is 1.56. The Hall–Kier alpha value is -1.03. The molecular weight excluding hydrogens is 246 g/mol. The first-order valence-electron chi connectivity index (χ1n) is 4.42. The fourth-order valence-electron chi connectivity index (χ4n) is 1.30. The predicted octanol–water partition coefficient (Wildman–Crippen LogP) is 3.12. The first-order chi connectivity index (χ1) is 6.85. The third-order valence-corrected chi connectivity index (χ3v) is 2.32. The Labute approximate surface area is 90.2 Å². The van der Waals surface area contributed by atoms with Gasteiger partial charge in [-0.2, -0.15) is 0 Å². The Morgan fingerprint density at radius 2 is 2.36 bits per heavy atom. The van der Waals surface area contributed by atoms with Crippen LogP contribution in [0.15, 0.2) is 22.6 Å². The Bertz CT molecular complexity index is 439. The summed E-state index contributed by atoms with van der Waals surface area (Å²) in [7, 11) is 0. The summed E-state index contributed by atoms with van der Waals surface area (Å²) in [6, 6.07) is 5.68. The minimum atomic E-state index is 0.618. The number of hydrogen-bond donors (Lipinski definition) is 0. The topological polar surface area (TPSA) is 35.3 Å². The van der Waals surface area contributed by atoms with Gasteiger partial charge >= 0.3 is 0 Å². The van der Waals surface area contributed by atoms with E-state index in [1.165, 1.54) is 0 Å². The maximum Gasteiger partial charge on any atom is 0.206 e. The van der Waals surface area contributed by atoms with Crippen molar-refractivity contribution in [1.29, 1.82) is 0 Å². The monoisotopic (exact) mass is 255 g/mol. The van der Waals surface area contributed by atoms with Crippen LogP contribution in [0.25, 0.3) is 11.1 Å². The molecule has 14 heavy (non-hydrogen) atoms. The van der Waals surface area contributed by atoms with E-state index in [4.69, 9.17) is 9.15 Å². The third-order valence-electron chi connectivity index (χ3n) is 1.84. The zero-order chi connectivity index (χ0) is 9.97. The van der Waals surface area contributed by atoms with Gasteiger partial charge in [0, 0.05) is 0 Å². The van der Waals surface area contributed by atoms with Crippen LogP contribution in [0.4, 0.5) is 0 Å². The largest absolute Gasteiger partial charge is 0.491 e. The zero-order valence-electron chi connectivity index (χ0n) is 7.79. The van der Waals surface area contributed by atoms with Gasteiger partial charge in [0.25, 0.3) is 0 Å². The minimum absolute atomic E-state index is 0.618. The molecule has 0 bridgehead atoms. The molecular formula is C10H10BrNO2. The number of aromatic nitrogens is 1. The molecule has 3 nitrogen and oxygen atoms in total. The van der Waals surface area contributed by atoms with Crippen molar-refractivity contribution in [2.75, 3.05) is 6.61 Å². The molecule has 0 radical (unpaired) electrons. The van der Waals surface area contributed by atoms with Gasteiger partial charge in [-0.25, -0.2) is 4.98 Å². The average Bonchev–Trinajstić information content (AvgIpc) is 2.62. The van der Waals surface area contributed by atoms with Gasteiger partial charge < -0.3 is 9.15 Å². The number of halogens is 1. The van der Waals surface area contributed by atoms with Crippen LogP contribution in [0.5, 0.6) is 5.75 Å². The Kier molecular flexibility index (Phi) is 2.72. The molecule has 0 fully saturated rings. The molecule has 2 rings (SSSR count). The van der Waals surface area contributed by atoms with Gasteiger partial charge in [-0.3, -0.25) is 0 Å². The molecule has 1 aromatic carbocycles. The highest BCUT2D eigenvalue weighted by molar-refractivity contribution is 9.08. The molecule has 4 heteroatoms. The highest BCUT2D eigenvalue weighted by Crippen LogP contribution is 2.26. The molecule has 0 aliphatic heterocycles. The number of benzene rings is 1. The van der Waals surface area contributed by atoms with Crippen LogP contribution in [0.3, 0.4) is 0 Å². The lowest BCUT2D eigenvalue weighted by atomic mass is 10.3. The second-order valence-corrected chi connectivity index (χ2v) is 3.34. The van der Waals surface area contributed by atoms with E-state index in [-0.39, 0.29) is 0 Å². The van der Waals surface area contributed by atoms with Gasteiger partial charge in [0.2, 0.25) is 5.89 Å². The Balaban J connectivity index is 2.55. The van der Waals surface area contributed by atoms with Crippen molar-refractivity contribution >= 4 is 27.0 Å². The van der Waals surface area contributed by atoms with Crippen LogP contribution in [-0.4, -0.2) is 11.6 Å². The van der Waals surface area contributed by atoms with Crippen molar-refractivity contribution in [3.63, 3.8) is 0 Å². The summed E-state index contributed by atoms with van der Waals surface area (Å²) < 4.78 is 10.9. The quantitative estimate of drug-likeness (QED) is 0.791. The van der Waals surface area contributed by atoms with E-state index >= 15 is 0 Å². The van der Waals surface area contributed by atoms with Crippen molar-refractivity contribution in [1.82, 2.24) is 4.98 Å². The molecule has 74 valence electrons. The second-order valence-electron chi connectivity index (χ2n) is 2.78. The standard InChI is InChI=1S/C10H10BrNO2/c1-2-13-7-4-3-5-8-10(7)12-9(6-11)14-8/h3-5H,2,6H2,1H3. The van der Waals surface area contributed by atoms with E-state index < -0.39 is 0 Å². The fourth-order valence-corrected chi connectivity index (χ4v) is 1.54. The van der Waals surface area contributed by atoms with Crippen molar-refractivity contribution < 1.29 is 9.15 Å². The van der Waals surface area contributed by atoms with Crippen LogP contribution in [0.2, 0.25) is 0 Å². The number of oxazole rings is 1. The highest BCUT2D eigenvalue weighted by Gasteiger charge is 2.08. The Morgan fingerprint density at radius 1 is 1.50 bits per heavy atom. The highest BCUT2D eigenvalue weighted by atomic mass is 79.9. The van der Waals surface area contributed by atoms with Crippen molar-refractivity contribution in [3.8, 4) is 5.75 Å². The second kappa shape index (κ2) is 4.00. The summed E-state index contributed by atoms with van der Waals surface area (Å²) in [6.07, 6.45) is 0. The SMILES string of the molecule is CCOc1cccc2oc(CBr)nc12. The molecule has 0 aliphatic rings. The lowest BCUT2D eigenvalue weighted by molar-refractivity contribution is 0.343. The molecule has 2 aromatic rings. The van der Waals surface area contributed by atoms with Gasteiger partial charge in [-0.05, 0) is 19.1 Å². The summed E-state index contributed by atoms with van der Waals surface area (Å²) >= 11 is 3.30. The number of alkyl halides is 1. The normalized spacial score (nSPS) is 10.7. The number of rotatable bonds is 3. The number of para-hydroxylation sites is 1.